The van der Waals surface area contributed by atoms with Crippen molar-refractivity contribution in [2.75, 3.05) is 36.9 Å². The zero-order chi connectivity index (χ0) is 15.2. The van der Waals surface area contributed by atoms with E-state index >= 15 is 0 Å². The van der Waals surface area contributed by atoms with Crippen LogP contribution in [0.15, 0.2) is 0 Å². The van der Waals surface area contributed by atoms with Gasteiger partial charge in [-0.05, 0) is 26.2 Å². The van der Waals surface area contributed by atoms with E-state index in [-0.39, 0.29) is 12.7 Å². The maximum atomic E-state index is 9.09. The highest BCUT2D eigenvalue weighted by molar-refractivity contribution is 5.52. The molecular formula is C15H26N4O2. The van der Waals surface area contributed by atoms with Crippen molar-refractivity contribution in [1.29, 1.82) is 0 Å². The van der Waals surface area contributed by atoms with Crippen LogP contribution < -0.4 is 10.6 Å². The predicted molar refractivity (Wildman–Crippen MR) is 83.4 cm³/mol. The van der Waals surface area contributed by atoms with Gasteiger partial charge in [-0.3, -0.25) is 0 Å². The van der Waals surface area contributed by atoms with Crippen molar-refractivity contribution in [3.8, 4) is 0 Å². The number of hydrogen-bond acceptors (Lipinski definition) is 6. The van der Waals surface area contributed by atoms with E-state index in [0.29, 0.717) is 19.0 Å². The van der Waals surface area contributed by atoms with Crippen LogP contribution in [0.5, 0.6) is 0 Å². The standard InChI is InChI=1S/C15H26N4O2/c1-3-4-5-13-11(2)17-15(16)18-14(13)19-7-9-21-12(10-19)6-8-20/h12,20H,3-10H2,1-2H3,(H2,16,17,18). The Morgan fingerprint density at radius 2 is 2.24 bits per heavy atom. The molecular weight excluding hydrogens is 268 g/mol. The molecule has 1 aliphatic rings. The first-order chi connectivity index (χ1) is 10.2. The number of nitrogens with two attached hydrogens (primary N) is 1. The lowest BCUT2D eigenvalue weighted by Gasteiger charge is -2.35. The molecule has 0 saturated carbocycles. The number of anilines is 2. The van der Waals surface area contributed by atoms with Gasteiger partial charge in [-0.1, -0.05) is 13.3 Å². The van der Waals surface area contributed by atoms with Crippen LogP contribution in [-0.4, -0.2) is 47.5 Å². The normalized spacial score (nSPS) is 19.0. The fourth-order valence-corrected chi connectivity index (χ4v) is 2.74. The number of unbranched alkanes of at least 4 members (excludes halogenated alkanes) is 1. The largest absolute Gasteiger partial charge is 0.396 e. The molecule has 3 N–H and O–H groups in total. The van der Waals surface area contributed by atoms with Crippen LogP contribution in [-0.2, 0) is 11.2 Å². The highest BCUT2D eigenvalue weighted by Gasteiger charge is 2.24. The van der Waals surface area contributed by atoms with Gasteiger partial charge in [0, 0.05) is 31.0 Å². The fraction of sp³-hybridized carbons (Fsp3) is 0.733. The molecule has 1 fully saturated rings. The van der Waals surface area contributed by atoms with E-state index < -0.39 is 0 Å². The number of nitrogens with zero attached hydrogens (tertiary/aromatic N) is 3. The van der Waals surface area contributed by atoms with Crippen LogP contribution >= 0.6 is 0 Å². The SMILES string of the molecule is CCCCc1c(C)nc(N)nc1N1CCOC(CCO)C1. The first-order valence-corrected chi connectivity index (χ1v) is 7.76. The number of hydrogen-bond donors (Lipinski definition) is 2. The minimum Gasteiger partial charge on any atom is -0.396 e. The van der Waals surface area contributed by atoms with Crippen LogP contribution in [0.1, 0.15) is 37.4 Å². The molecule has 1 aromatic rings. The highest BCUT2D eigenvalue weighted by Crippen LogP contribution is 2.25. The molecule has 1 aromatic heterocycles. The second kappa shape index (κ2) is 7.56. The van der Waals surface area contributed by atoms with Gasteiger partial charge in [0.15, 0.2) is 0 Å². The number of ether oxygens (including phenoxy) is 1. The molecule has 1 saturated heterocycles. The highest BCUT2D eigenvalue weighted by atomic mass is 16.5. The van der Waals surface area contributed by atoms with Crippen molar-refractivity contribution in [1.82, 2.24) is 9.97 Å². The molecule has 6 heteroatoms. The molecule has 1 atom stereocenters. The van der Waals surface area contributed by atoms with Crippen LogP contribution in [0.25, 0.3) is 0 Å². The van der Waals surface area contributed by atoms with Gasteiger partial charge in [0.25, 0.3) is 0 Å². The Morgan fingerprint density at radius 1 is 1.43 bits per heavy atom. The number of morpholine rings is 1. The monoisotopic (exact) mass is 294 g/mol. The Bertz CT molecular complexity index is 465. The maximum absolute atomic E-state index is 9.09. The zero-order valence-corrected chi connectivity index (χ0v) is 13.0. The maximum Gasteiger partial charge on any atom is 0.222 e. The van der Waals surface area contributed by atoms with Crippen LogP contribution in [0.3, 0.4) is 0 Å². The van der Waals surface area contributed by atoms with Gasteiger partial charge in [-0.2, -0.15) is 4.98 Å². The summed E-state index contributed by atoms with van der Waals surface area (Å²) in [5.41, 5.74) is 8.00. The second-order valence-electron chi connectivity index (χ2n) is 5.52. The Morgan fingerprint density at radius 3 is 2.95 bits per heavy atom. The Kier molecular flexibility index (Phi) is 5.76. The number of aliphatic hydroxyl groups is 1. The predicted octanol–water partition coefficient (Wildman–Crippen LogP) is 1.30. The number of aliphatic hydroxyl groups excluding tert-OH is 1. The van der Waals surface area contributed by atoms with Crippen molar-refractivity contribution < 1.29 is 9.84 Å². The number of nitrogen functional groups attached to an aromatic ring is 1. The van der Waals surface area contributed by atoms with Crippen molar-refractivity contribution in [2.24, 2.45) is 0 Å². The number of aryl methyl sites for hydroxylation is 1. The summed E-state index contributed by atoms with van der Waals surface area (Å²) in [7, 11) is 0. The van der Waals surface area contributed by atoms with Crippen molar-refractivity contribution in [2.45, 2.75) is 45.6 Å². The summed E-state index contributed by atoms with van der Waals surface area (Å²) < 4.78 is 5.68. The molecule has 0 bridgehead atoms. The van der Waals surface area contributed by atoms with E-state index in [1.807, 2.05) is 6.92 Å². The summed E-state index contributed by atoms with van der Waals surface area (Å²) in [6.07, 6.45) is 3.94. The lowest BCUT2D eigenvalue weighted by molar-refractivity contribution is 0.0244. The van der Waals surface area contributed by atoms with Gasteiger partial charge in [0.05, 0.1) is 12.7 Å². The van der Waals surface area contributed by atoms with Gasteiger partial charge < -0.3 is 20.5 Å². The van der Waals surface area contributed by atoms with E-state index in [0.717, 1.165) is 43.9 Å². The van der Waals surface area contributed by atoms with Crippen molar-refractivity contribution in [3.63, 3.8) is 0 Å². The van der Waals surface area contributed by atoms with Gasteiger partial charge >= 0.3 is 0 Å². The van der Waals surface area contributed by atoms with Gasteiger partial charge in [0.1, 0.15) is 5.82 Å². The topological polar surface area (TPSA) is 84.5 Å². The first-order valence-electron chi connectivity index (χ1n) is 7.76. The minimum atomic E-state index is 0.0549. The fourth-order valence-electron chi connectivity index (χ4n) is 2.74. The Balaban J connectivity index is 2.23. The van der Waals surface area contributed by atoms with Crippen molar-refractivity contribution in [3.05, 3.63) is 11.3 Å². The molecule has 2 rings (SSSR count). The molecule has 21 heavy (non-hydrogen) atoms. The van der Waals surface area contributed by atoms with E-state index in [1.165, 1.54) is 5.56 Å². The summed E-state index contributed by atoms with van der Waals surface area (Å²) in [5.74, 6) is 1.27. The minimum absolute atomic E-state index is 0.0549. The van der Waals surface area contributed by atoms with E-state index in [4.69, 9.17) is 15.6 Å². The number of rotatable bonds is 6. The second-order valence-corrected chi connectivity index (χ2v) is 5.52. The molecule has 118 valence electrons. The molecule has 0 radical (unpaired) electrons. The zero-order valence-electron chi connectivity index (χ0n) is 13.0. The molecule has 1 unspecified atom stereocenters. The molecule has 2 heterocycles. The summed E-state index contributed by atoms with van der Waals surface area (Å²) in [6, 6.07) is 0. The van der Waals surface area contributed by atoms with E-state index in [2.05, 4.69) is 21.8 Å². The lowest BCUT2D eigenvalue weighted by Crippen LogP contribution is -2.44. The van der Waals surface area contributed by atoms with Gasteiger partial charge in [-0.15, -0.1) is 0 Å². The average Bonchev–Trinajstić information content (AvgIpc) is 2.46. The quantitative estimate of drug-likeness (QED) is 0.822. The molecule has 0 spiro atoms. The van der Waals surface area contributed by atoms with Crippen LogP contribution in [0, 0.1) is 6.92 Å². The van der Waals surface area contributed by atoms with Crippen LogP contribution in [0.2, 0.25) is 0 Å². The third kappa shape index (κ3) is 4.04. The van der Waals surface area contributed by atoms with E-state index in [9.17, 15) is 0 Å². The first kappa shape index (κ1) is 16.0. The lowest BCUT2D eigenvalue weighted by atomic mass is 10.1. The summed E-state index contributed by atoms with van der Waals surface area (Å²) >= 11 is 0. The molecule has 0 aromatic carbocycles. The third-order valence-corrected chi connectivity index (χ3v) is 3.88. The molecule has 6 nitrogen and oxygen atoms in total. The Labute approximate surface area is 126 Å². The van der Waals surface area contributed by atoms with E-state index in [1.54, 1.807) is 0 Å². The third-order valence-electron chi connectivity index (χ3n) is 3.88. The summed E-state index contributed by atoms with van der Waals surface area (Å²) in [5, 5.41) is 9.09. The van der Waals surface area contributed by atoms with Crippen molar-refractivity contribution >= 4 is 11.8 Å². The summed E-state index contributed by atoms with van der Waals surface area (Å²) in [4.78, 5) is 11.0. The average molecular weight is 294 g/mol. The number of aromatic nitrogens is 2. The van der Waals surface area contributed by atoms with Crippen LogP contribution in [0.4, 0.5) is 11.8 Å². The van der Waals surface area contributed by atoms with Gasteiger partial charge in [0.2, 0.25) is 5.95 Å². The molecule has 0 amide bonds. The smallest absolute Gasteiger partial charge is 0.222 e. The molecule has 1 aliphatic heterocycles. The van der Waals surface area contributed by atoms with Gasteiger partial charge in [-0.25, -0.2) is 4.98 Å². The summed E-state index contributed by atoms with van der Waals surface area (Å²) in [6.45, 7) is 6.52. The molecule has 0 aliphatic carbocycles. The Hall–Kier alpha value is -1.40.